The summed E-state index contributed by atoms with van der Waals surface area (Å²) in [5.41, 5.74) is -0.461. The van der Waals surface area contributed by atoms with Crippen LogP contribution < -0.4 is 5.32 Å². The molecule has 0 aromatic rings. The zero-order valence-corrected chi connectivity index (χ0v) is 14.7. The monoisotopic (exact) mass is 357 g/mol. The molecule has 1 rings (SSSR count). The molecule has 0 radical (unpaired) electrons. The summed E-state index contributed by atoms with van der Waals surface area (Å²) >= 11 is 3.34. The van der Waals surface area contributed by atoms with E-state index in [9.17, 15) is 4.79 Å². The molecule has 0 spiro atoms. The Kier molecular flexibility index (Phi) is 6.45. The summed E-state index contributed by atoms with van der Waals surface area (Å²) in [5, 5.41) is 3.12. The third kappa shape index (κ3) is 6.33. The van der Waals surface area contributed by atoms with E-state index >= 15 is 0 Å². The maximum absolute atomic E-state index is 12.0. The first-order valence-electron chi connectivity index (χ1n) is 7.01. The van der Waals surface area contributed by atoms with E-state index in [1.54, 1.807) is 11.1 Å². The summed E-state index contributed by atoms with van der Waals surface area (Å²) in [4.78, 5) is 17.9. The highest BCUT2D eigenvalue weighted by Crippen LogP contribution is 2.20. The molecule has 1 fully saturated rings. The van der Waals surface area contributed by atoms with Crippen LogP contribution in [-0.2, 0) is 4.74 Å². The molecule has 5 nitrogen and oxygen atoms in total. The van der Waals surface area contributed by atoms with Crippen LogP contribution in [0, 0.1) is 0 Å². The normalized spacial score (nSPS) is 19.4. The number of nitrogens with one attached hydrogen (secondary N) is 1. The standard InChI is InChI=1S/C15H24BrN3O2/c1-6-12(16)9-17-11(2)18-10-13-7-8-19(13)14(20)21-15(3,4)5/h6,9,13,18H,2,7-8,10H2,1,3-5H3/b12-6+,17-9?. The van der Waals surface area contributed by atoms with Gasteiger partial charge in [-0.3, -0.25) is 0 Å². The maximum atomic E-state index is 12.0. The van der Waals surface area contributed by atoms with Crippen LogP contribution in [0.2, 0.25) is 0 Å². The molecule has 1 heterocycles. The molecular weight excluding hydrogens is 334 g/mol. The minimum absolute atomic E-state index is 0.136. The number of likely N-dealkylation sites (tertiary alicyclic amines) is 1. The van der Waals surface area contributed by atoms with Crippen molar-refractivity contribution in [2.24, 2.45) is 4.99 Å². The Morgan fingerprint density at radius 2 is 2.24 bits per heavy atom. The largest absolute Gasteiger partial charge is 0.444 e. The zero-order valence-electron chi connectivity index (χ0n) is 13.1. The van der Waals surface area contributed by atoms with Gasteiger partial charge in [0.25, 0.3) is 0 Å². The first kappa shape index (κ1) is 17.8. The number of aliphatic imine (C=N–C) groups is 1. The number of ether oxygens (including phenoxy) is 1. The van der Waals surface area contributed by atoms with Crippen LogP contribution in [0.4, 0.5) is 4.79 Å². The van der Waals surface area contributed by atoms with E-state index in [4.69, 9.17) is 4.74 Å². The van der Waals surface area contributed by atoms with Crippen molar-refractivity contribution in [2.75, 3.05) is 13.1 Å². The highest BCUT2D eigenvalue weighted by Gasteiger charge is 2.34. The Morgan fingerprint density at radius 1 is 1.57 bits per heavy atom. The molecule has 1 aliphatic heterocycles. The Balaban J connectivity index is 2.38. The average Bonchev–Trinajstić information content (AvgIpc) is 2.32. The van der Waals surface area contributed by atoms with Gasteiger partial charge in [-0.2, -0.15) is 0 Å². The summed E-state index contributed by atoms with van der Waals surface area (Å²) < 4.78 is 6.26. The lowest BCUT2D eigenvalue weighted by Crippen LogP contribution is -2.56. The van der Waals surface area contributed by atoms with Gasteiger partial charge in [0.1, 0.15) is 11.4 Å². The second kappa shape index (κ2) is 7.64. The van der Waals surface area contributed by atoms with Gasteiger partial charge in [-0.1, -0.05) is 12.7 Å². The number of nitrogens with zero attached hydrogens (tertiary/aromatic N) is 2. The summed E-state index contributed by atoms with van der Waals surface area (Å²) in [6, 6.07) is 0.136. The van der Waals surface area contributed by atoms with E-state index in [2.05, 4.69) is 32.8 Å². The Labute approximate surface area is 135 Å². The number of hydrogen-bond donors (Lipinski definition) is 1. The summed E-state index contributed by atoms with van der Waals surface area (Å²) in [5.74, 6) is 0.574. The van der Waals surface area contributed by atoms with Crippen molar-refractivity contribution in [3.05, 3.63) is 23.0 Å². The number of carbonyl (C=O) groups excluding carboxylic acids is 1. The van der Waals surface area contributed by atoms with Crippen LogP contribution in [0.5, 0.6) is 0 Å². The quantitative estimate of drug-likeness (QED) is 0.766. The van der Waals surface area contributed by atoms with Gasteiger partial charge >= 0.3 is 6.09 Å². The SMILES string of the molecule is C=C(N=C/C(Br)=C\C)NCC1CCN1C(=O)OC(C)(C)C. The molecule has 0 bridgehead atoms. The number of carbonyl (C=O) groups is 1. The highest BCUT2D eigenvalue weighted by atomic mass is 79.9. The fraction of sp³-hybridized carbons (Fsp3) is 0.600. The van der Waals surface area contributed by atoms with Gasteiger partial charge in [-0.15, -0.1) is 0 Å². The Morgan fingerprint density at radius 3 is 2.71 bits per heavy atom. The van der Waals surface area contributed by atoms with Crippen LogP contribution >= 0.6 is 15.9 Å². The minimum Gasteiger partial charge on any atom is -0.444 e. The predicted octanol–water partition coefficient (Wildman–Crippen LogP) is 3.43. The minimum atomic E-state index is -0.461. The Bertz CT molecular complexity index is 452. The van der Waals surface area contributed by atoms with Gasteiger partial charge in [0, 0.05) is 23.8 Å². The van der Waals surface area contributed by atoms with Crippen molar-refractivity contribution >= 4 is 28.2 Å². The van der Waals surface area contributed by atoms with Gasteiger partial charge in [0.05, 0.1) is 6.04 Å². The zero-order chi connectivity index (χ0) is 16.0. The fourth-order valence-corrected chi connectivity index (χ4v) is 1.81. The van der Waals surface area contributed by atoms with E-state index in [0.29, 0.717) is 12.4 Å². The van der Waals surface area contributed by atoms with Crippen LogP contribution in [0.3, 0.4) is 0 Å². The Hall–Kier alpha value is -1.30. The van der Waals surface area contributed by atoms with Crippen molar-refractivity contribution < 1.29 is 9.53 Å². The second-order valence-electron chi connectivity index (χ2n) is 5.88. The first-order chi connectivity index (χ1) is 9.73. The van der Waals surface area contributed by atoms with Crippen LogP contribution in [0.15, 0.2) is 28.0 Å². The van der Waals surface area contributed by atoms with Crippen molar-refractivity contribution in [3.63, 3.8) is 0 Å². The molecule has 1 atom stereocenters. The predicted molar refractivity (Wildman–Crippen MR) is 89.7 cm³/mol. The van der Waals surface area contributed by atoms with E-state index in [1.807, 2.05) is 33.8 Å². The van der Waals surface area contributed by atoms with Crippen molar-refractivity contribution in [1.29, 1.82) is 0 Å². The van der Waals surface area contributed by atoms with E-state index < -0.39 is 5.60 Å². The molecule has 1 saturated heterocycles. The van der Waals surface area contributed by atoms with Crippen LogP contribution in [0.25, 0.3) is 0 Å². The molecule has 1 aliphatic rings. The van der Waals surface area contributed by atoms with Gasteiger partial charge < -0.3 is 15.0 Å². The van der Waals surface area contributed by atoms with Crippen molar-refractivity contribution in [3.8, 4) is 0 Å². The first-order valence-corrected chi connectivity index (χ1v) is 7.80. The van der Waals surface area contributed by atoms with Gasteiger partial charge in [-0.25, -0.2) is 9.79 Å². The molecule has 1 unspecified atom stereocenters. The smallest absolute Gasteiger partial charge is 0.410 e. The lowest BCUT2D eigenvalue weighted by molar-refractivity contribution is -0.00452. The lowest BCUT2D eigenvalue weighted by Gasteiger charge is -2.41. The average molecular weight is 358 g/mol. The van der Waals surface area contributed by atoms with E-state index in [1.165, 1.54) is 0 Å². The summed E-state index contributed by atoms with van der Waals surface area (Å²) in [6.45, 7) is 12.7. The number of rotatable bonds is 5. The van der Waals surface area contributed by atoms with Gasteiger partial charge in [0.2, 0.25) is 0 Å². The third-order valence-corrected chi connectivity index (χ3v) is 3.60. The molecule has 21 heavy (non-hydrogen) atoms. The molecule has 0 aromatic carbocycles. The summed E-state index contributed by atoms with van der Waals surface area (Å²) in [7, 11) is 0. The highest BCUT2D eigenvalue weighted by molar-refractivity contribution is 9.12. The second-order valence-corrected chi connectivity index (χ2v) is 6.79. The maximum Gasteiger partial charge on any atom is 0.410 e. The molecule has 6 heteroatoms. The van der Waals surface area contributed by atoms with Crippen molar-refractivity contribution in [2.45, 2.75) is 45.8 Å². The topological polar surface area (TPSA) is 53.9 Å². The number of amides is 1. The molecule has 0 aromatic heterocycles. The van der Waals surface area contributed by atoms with Gasteiger partial charge in [-0.05, 0) is 50.0 Å². The van der Waals surface area contributed by atoms with E-state index in [0.717, 1.165) is 17.4 Å². The van der Waals surface area contributed by atoms with E-state index in [-0.39, 0.29) is 12.1 Å². The molecule has 0 aliphatic carbocycles. The fourth-order valence-electron chi connectivity index (χ4n) is 1.71. The molecule has 1 amide bonds. The summed E-state index contributed by atoms with van der Waals surface area (Å²) in [6.07, 6.45) is 4.28. The molecule has 0 saturated carbocycles. The van der Waals surface area contributed by atoms with Gasteiger partial charge in [0.15, 0.2) is 0 Å². The third-order valence-electron chi connectivity index (χ3n) is 2.93. The molecular formula is C15H24BrN3O2. The number of halogens is 1. The van der Waals surface area contributed by atoms with Crippen LogP contribution in [-0.4, -0.2) is 41.9 Å². The number of hydrogen-bond acceptors (Lipinski definition) is 4. The molecule has 1 N–H and O–H groups in total. The number of allylic oxidation sites excluding steroid dienone is 2. The van der Waals surface area contributed by atoms with Crippen molar-refractivity contribution in [1.82, 2.24) is 10.2 Å². The molecule has 118 valence electrons. The lowest BCUT2D eigenvalue weighted by atomic mass is 10.0. The van der Waals surface area contributed by atoms with Crippen LogP contribution in [0.1, 0.15) is 34.1 Å².